The zero-order chi connectivity index (χ0) is 57.0. The van der Waals surface area contributed by atoms with Crippen molar-refractivity contribution >= 4 is 123 Å². The molecule has 1 aliphatic heterocycles. The number of aromatic nitrogens is 15. The second-order valence-corrected chi connectivity index (χ2v) is 19.5. The fraction of sp³-hybridized carbons (Fsp3) is 0.0877. The van der Waals surface area contributed by atoms with Crippen LogP contribution in [0.3, 0.4) is 0 Å². The normalized spacial score (nSPS) is 13.4. The van der Waals surface area contributed by atoms with Crippen LogP contribution in [-0.2, 0) is 21.9 Å². The number of ether oxygens (including phenoxy) is 1. The summed E-state index contributed by atoms with van der Waals surface area (Å²) in [4.78, 5) is 46.4. The smallest absolute Gasteiger partial charge is 0.370 e. The highest BCUT2D eigenvalue weighted by molar-refractivity contribution is 6.06. The van der Waals surface area contributed by atoms with Gasteiger partial charge in [-0.3, -0.25) is 39.9 Å². The van der Waals surface area contributed by atoms with Gasteiger partial charge in [0, 0.05) is 74.5 Å². The first kappa shape index (κ1) is 49.8. The number of aromatic amines is 3. The van der Waals surface area contributed by atoms with Gasteiger partial charge in [0.1, 0.15) is 23.5 Å². The van der Waals surface area contributed by atoms with E-state index in [1.165, 1.54) is 40.0 Å². The fourth-order valence-corrected chi connectivity index (χ4v) is 10.5. The van der Waals surface area contributed by atoms with E-state index in [0.29, 0.717) is 106 Å². The van der Waals surface area contributed by atoms with E-state index in [4.69, 9.17) is 14.7 Å². The highest BCUT2D eigenvalue weighted by atomic mass is 19.4. The lowest BCUT2D eigenvalue weighted by molar-refractivity contribution is -0.140. The number of benzene rings is 4. The molecule has 0 saturated carbocycles. The van der Waals surface area contributed by atoms with E-state index in [-0.39, 0.29) is 59.3 Å². The van der Waals surface area contributed by atoms with Gasteiger partial charge in [-0.2, -0.15) is 46.7 Å². The van der Waals surface area contributed by atoms with E-state index in [9.17, 15) is 18.0 Å². The highest BCUT2D eigenvalue weighted by Gasteiger charge is 2.38. The lowest BCUT2D eigenvalue weighted by Crippen LogP contribution is -2.42. The van der Waals surface area contributed by atoms with Crippen molar-refractivity contribution in [3.8, 4) is 28.3 Å². The largest absolute Gasteiger partial charge is 0.435 e. The first-order valence-electron chi connectivity index (χ1n) is 25.7. The molecular formula is C57H35F6N19O2. The van der Waals surface area contributed by atoms with E-state index in [1.54, 1.807) is 85.3 Å². The molecule has 27 heteroatoms. The maximum absolute atomic E-state index is 15.2. The van der Waals surface area contributed by atoms with Gasteiger partial charge in [-0.05, 0) is 113 Å². The number of hydrogen-bond acceptors (Lipinski definition) is 16. The van der Waals surface area contributed by atoms with Crippen LogP contribution in [0, 0.1) is 0 Å². The number of H-pyrrole nitrogens is 3. The molecule has 1 saturated heterocycles. The molecule has 412 valence electrons. The van der Waals surface area contributed by atoms with Crippen LogP contribution < -0.4 is 20.9 Å². The number of halogens is 6. The molecule has 10 aromatic heterocycles. The number of rotatable bonds is 10. The van der Waals surface area contributed by atoms with Crippen molar-refractivity contribution in [1.29, 1.82) is 0 Å². The van der Waals surface area contributed by atoms with Crippen LogP contribution in [0.4, 0.5) is 66.7 Å². The number of pyridine rings is 5. The van der Waals surface area contributed by atoms with Gasteiger partial charge in [0.15, 0.2) is 45.8 Å². The molecule has 0 unspecified atom stereocenters. The average Bonchev–Trinajstić information content (AvgIpc) is 4.08. The number of carbonyl (C=O) groups is 1. The number of hydrogen-bond donors (Lipinski definition) is 6. The molecule has 0 radical (unpaired) electrons. The standard InChI is InChI=1S/C57H35F6N19O2/c58-56(59,60)48-34-7-4-31(20-27(34)11-15-66-48)71-53-47-50(76-79-53)68-25-41(72-47)37-13-17-65-46-44(37)75-78-52(46)70-33-6-9-36-30(22-33)24-40(73-55(36)81-18-19-84-26-43(81)83)29-3-10-42-38(23-29)49(57(61,62)63)80-82(42)54-35-8-5-32(21-28(35)12-16-67-54)69-51-45-39(74-77-51)2-1-14-64-45/h1-17,20-25H,18-19,26H2,(H2,69,74,77)(H2,70,75,78)(H2,68,71,76,79). The molecule has 11 heterocycles. The molecule has 1 aliphatic rings. The molecule has 1 amide bonds. The summed E-state index contributed by atoms with van der Waals surface area (Å²) in [5.41, 5.74) is 4.31. The van der Waals surface area contributed by atoms with Crippen molar-refractivity contribution in [1.82, 2.24) is 75.3 Å². The third-order valence-electron chi connectivity index (χ3n) is 14.4. The Labute approximate surface area is 465 Å². The number of morpholine rings is 1. The number of anilines is 7. The monoisotopic (exact) mass is 1130 g/mol. The van der Waals surface area contributed by atoms with Gasteiger partial charge in [-0.15, -0.1) is 0 Å². The number of nitrogens with zero attached hydrogens (tertiary/aromatic N) is 13. The van der Waals surface area contributed by atoms with Crippen LogP contribution in [0.2, 0.25) is 0 Å². The van der Waals surface area contributed by atoms with Gasteiger partial charge in [0.25, 0.3) is 5.91 Å². The third kappa shape index (κ3) is 8.55. The summed E-state index contributed by atoms with van der Waals surface area (Å²) in [6, 6.07) is 30.1. The first-order valence-corrected chi connectivity index (χ1v) is 25.7. The summed E-state index contributed by atoms with van der Waals surface area (Å²) in [6.45, 7) is 0.231. The van der Waals surface area contributed by atoms with Crippen LogP contribution in [0.1, 0.15) is 11.4 Å². The topological polar surface area (TPSA) is 260 Å². The van der Waals surface area contributed by atoms with Crippen LogP contribution in [-0.4, -0.2) is 101 Å². The molecule has 6 N–H and O–H groups in total. The van der Waals surface area contributed by atoms with Gasteiger partial charge in [-0.25, -0.2) is 24.6 Å². The maximum atomic E-state index is 15.2. The molecule has 1 fully saturated rings. The Morgan fingerprint density at radius 1 is 0.548 bits per heavy atom. The highest BCUT2D eigenvalue weighted by Crippen LogP contribution is 2.41. The second-order valence-electron chi connectivity index (χ2n) is 19.5. The number of alkyl halides is 6. The number of fused-ring (bicyclic) bond motifs is 7. The fourth-order valence-electron chi connectivity index (χ4n) is 10.5. The Kier molecular flexibility index (Phi) is 11.2. The summed E-state index contributed by atoms with van der Waals surface area (Å²) >= 11 is 0. The minimum Gasteiger partial charge on any atom is -0.370 e. The molecule has 0 bridgehead atoms. The molecule has 0 aliphatic carbocycles. The van der Waals surface area contributed by atoms with Gasteiger partial charge in [-0.1, -0.05) is 12.1 Å². The van der Waals surface area contributed by atoms with E-state index < -0.39 is 23.7 Å². The lowest BCUT2D eigenvalue weighted by atomic mass is 10.0. The maximum Gasteiger partial charge on any atom is 0.435 e. The van der Waals surface area contributed by atoms with Crippen LogP contribution in [0.15, 0.2) is 140 Å². The summed E-state index contributed by atoms with van der Waals surface area (Å²) < 4.78 is 93.1. The Hall–Kier alpha value is -11.2. The molecule has 14 aromatic rings. The summed E-state index contributed by atoms with van der Waals surface area (Å²) in [7, 11) is 0. The minimum absolute atomic E-state index is 0.0494. The predicted molar refractivity (Wildman–Crippen MR) is 300 cm³/mol. The molecule has 21 nitrogen and oxygen atoms in total. The first-order chi connectivity index (χ1) is 40.8. The Morgan fingerprint density at radius 3 is 1.99 bits per heavy atom. The lowest BCUT2D eigenvalue weighted by Gasteiger charge is -2.27. The Bertz CT molecular complexity index is 5020. The molecular weight excluding hydrogens is 1100 g/mol. The zero-order valence-corrected chi connectivity index (χ0v) is 42.8. The summed E-state index contributed by atoms with van der Waals surface area (Å²) in [5.74, 6) is 1.24. The van der Waals surface area contributed by atoms with Gasteiger partial charge in [0.05, 0.1) is 47.3 Å². The van der Waals surface area contributed by atoms with E-state index in [0.717, 1.165) is 11.7 Å². The number of carbonyl (C=O) groups excluding carboxylic acids is 1. The van der Waals surface area contributed by atoms with Crippen molar-refractivity contribution in [2.75, 3.05) is 40.6 Å². The van der Waals surface area contributed by atoms with Crippen molar-refractivity contribution in [2.45, 2.75) is 12.4 Å². The quantitative estimate of drug-likeness (QED) is 0.0696. The van der Waals surface area contributed by atoms with Crippen molar-refractivity contribution < 1.29 is 35.9 Å². The Balaban J connectivity index is 0.759. The molecule has 4 aromatic carbocycles. The third-order valence-corrected chi connectivity index (χ3v) is 14.4. The zero-order valence-electron chi connectivity index (χ0n) is 42.8. The van der Waals surface area contributed by atoms with Crippen LogP contribution in [0.5, 0.6) is 0 Å². The van der Waals surface area contributed by atoms with Gasteiger partial charge >= 0.3 is 12.4 Å². The minimum atomic E-state index is -4.88. The average molecular weight is 1130 g/mol. The summed E-state index contributed by atoms with van der Waals surface area (Å²) in [6.07, 6.45) is -2.09. The molecule has 15 rings (SSSR count). The predicted octanol–water partition coefficient (Wildman–Crippen LogP) is 11.8. The van der Waals surface area contributed by atoms with Crippen molar-refractivity contribution in [3.63, 3.8) is 0 Å². The summed E-state index contributed by atoms with van der Waals surface area (Å²) in [5, 5.41) is 38.5. The van der Waals surface area contributed by atoms with Crippen molar-refractivity contribution in [2.24, 2.45) is 0 Å². The van der Waals surface area contributed by atoms with Crippen LogP contribution >= 0.6 is 0 Å². The second kappa shape index (κ2) is 18.9. The van der Waals surface area contributed by atoms with E-state index in [1.807, 2.05) is 18.2 Å². The van der Waals surface area contributed by atoms with Crippen molar-refractivity contribution in [3.05, 3.63) is 152 Å². The molecule has 84 heavy (non-hydrogen) atoms. The van der Waals surface area contributed by atoms with E-state index in [2.05, 4.69) is 76.6 Å². The van der Waals surface area contributed by atoms with E-state index >= 15 is 13.2 Å². The van der Waals surface area contributed by atoms with Gasteiger partial charge < -0.3 is 20.7 Å². The molecule has 0 spiro atoms. The SMILES string of the molecule is O=C1COCCN1c1nc(-c2ccc3c(c2)c(C(F)(F)F)nn3-c2nccc3cc(Nc4n[nH]c5cccnc45)ccc23)cc2cc(Nc3n[nH]c4c(-c5cnc6[nH]nc(Nc7ccc8c(C(F)(F)F)nccc8c7)c6n5)ccnc34)ccc12. The van der Waals surface area contributed by atoms with Crippen LogP contribution in [0.25, 0.3) is 105 Å². The van der Waals surface area contributed by atoms with Gasteiger partial charge in [0.2, 0.25) is 0 Å². The number of amides is 1. The number of nitrogens with one attached hydrogen (secondary N) is 6. The molecule has 0 atom stereocenters. The Morgan fingerprint density at radius 2 is 1.21 bits per heavy atom.